The summed E-state index contributed by atoms with van der Waals surface area (Å²) in [7, 11) is 1.69. The molecule has 4 heteroatoms. The third kappa shape index (κ3) is 3.05. The summed E-state index contributed by atoms with van der Waals surface area (Å²) in [6.45, 7) is 7.69. The largest absolute Gasteiger partial charge is 0.496 e. The van der Waals surface area contributed by atoms with Crippen LogP contribution in [0, 0.1) is 0 Å². The smallest absolute Gasteiger partial charge is 0.133 e. The van der Waals surface area contributed by atoms with Crippen LogP contribution in [0.1, 0.15) is 19.4 Å². The van der Waals surface area contributed by atoms with Gasteiger partial charge in [-0.15, -0.1) is 0 Å². The van der Waals surface area contributed by atoms with Crippen LogP contribution in [-0.2, 0) is 6.54 Å². The first kappa shape index (κ1) is 13.8. The molecule has 100 valence electrons. The molecule has 0 aliphatic carbocycles. The molecule has 2 rings (SSSR count). The van der Waals surface area contributed by atoms with Gasteiger partial charge in [-0.25, -0.2) is 0 Å². The van der Waals surface area contributed by atoms with Crippen LogP contribution in [0.2, 0.25) is 0 Å². The number of methoxy groups -OCH3 is 1. The van der Waals surface area contributed by atoms with E-state index < -0.39 is 0 Å². The Balaban J connectivity index is 2.10. The van der Waals surface area contributed by atoms with Crippen LogP contribution in [0.15, 0.2) is 22.7 Å². The lowest BCUT2D eigenvalue weighted by Crippen LogP contribution is -2.54. The molecule has 2 unspecified atom stereocenters. The second-order valence-electron chi connectivity index (χ2n) is 5.00. The van der Waals surface area contributed by atoms with Crippen LogP contribution in [0.25, 0.3) is 0 Å². The van der Waals surface area contributed by atoms with Gasteiger partial charge in [0, 0.05) is 31.7 Å². The van der Waals surface area contributed by atoms with Crippen molar-refractivity contribution in [3.8, 4) is 5.75 Å². The van der Waals surface area contributed by atoms with Gasteiger partial charge in [0.1, 0.15) is 5.75 Å². The number of nitrogens with one attached hydrogen (secondary N) is 1. The molecule has 0 radical (unpaired) electrons. The minimum absolute atomic E-state index is 0.578. The lowest BCUT2D eigenvalue weighted by atomic mass is 10.1. The van der Waals surface area contributed by atoms with Crippen molar-refractivity contribution in [3.05, 3.63) is 28.2 Å². The molecule has 0 amide bonds. The summed E-state index contributed by atoms with van der Waals surface area (Å²) >= 11 is 3.55. The van der Waals surface area contributed by atoms with Gasteiger partial charge < -0.3 is 10.1 Å². The maximum Gasteiger partial charge on any atom is 0.133 e. The summed E-state index contributed by atoms with van der Waals surface area (Å²) in [4.78, 5) is 2.55. The summed E-state index contributed by atoms with van der Waals surface area (Å²) in [5, 5.41) is 3.46. The number of halogens is 1. The summed E-state index contributed by atoms with van der Waals surface area (Å²) in [6.07, 6.45) is 0. The van der Waals surface area contributed by atoms with E-state index >= 15 is 0 Å². The Bertz CT molecular complexity index is 401. The van der Waals surface area contributed by atoms with Crippen molar-refractivity contribution in [1.82, 2.24) is 10.2 Å². The van der Waals surface area contributed by atoms with Gasteiger partial charge in [0.2, 0.25) is 0 Å². The molecular formula is C14H21BrN2O. The molecule has 1 aromatic rings. The molecule has 1 aliphatic rings. The molecular weight excluding hydrogens is 292 g/mol. The van der Waals surface area contributed by atoms with Crippen LogP contribution in [0.4, 0.5) is 0 Å². The first-order valence-corrected chi connectivity index (χ1v) is 7.20. The normalized spacial score (nSPS) is 25.1. The minimum atomic E-state index is 0.578. The number of hydrogen-bond acceptors (Lipinski definition) is 3. The third-order valence-electron chi connectivity index (χ3n) is 3.59. The molecule has 1 aliphatic heterocycles. The van der Waals surface area contributed by atoms with E-state index in [1.165, 1.54) is 5.56 Å². The van der Waals surface area contributed by atoms with Gasteiger partial charge in [0.25, 0.3) is 0 Å². The Hall–Kier alpha value is -0.580. The zero-order chi connectivity index (χ0) is 13.1. The standard InChI is InChI=1S/C14H21BrN2O/c1-10-7-16-8-11(2)17(10)9-12-4-5-14(18-3)13(15)6-12/h4-6,10-11,16H,7-9H2,1-3H3. The lowest BCUT2D eigenvalue weighted by Gasteiger charge is -2.39. The summed E-state index contributed by atoms with van der Waals surface area (Å²) in [6, 6.07) is 7.48. The molecule has 3 nitrogen and oxygen atoms in total. The van der Waals surface area contributed by atoms with Gasteiger partial charge >= 0.3 is 0 Å². The third-order valence-corrected chi connectivity index (χ3v) is 4.21. The number of rotatable bonds is 3. The van der Waals surface area contributed by atoms with Crippen LogP contribution < -0.4 is 10.1 Å². The van der Waals surface area contributed by atoms with Gasteiger partial charge in [-0.1, -0.05) is 6.07 Å². The fourth-order valence-electron chi connectivity index (χ4n) is 2.50. The second kappa shape index (κ2) is 6.04. The van der Waals surface area contributed by atoms with Crippen LogP contribution in [0.5, 0.6) is 5.75 Å². The Morgan fingerprint density at radius 2 is 2.00 bits per heavy atom. The lowest BCUT2D eigenvalue weighted by molar-refractivity contribution is 0.109. The van der Waals surface area contributed by atoms with Crippen molar-refractivity contribution in [2.75, 3.05) is 20.2 Å². The van der Waals surface area contributed by atoms with Crippen molar-refractivity contribution in [2.45, 2.75) is 32.5 Å². The molecule has 0 aromatic heterocycles. The van der Waals surface area contributed by atoms with E-state index in [4.69, 9.17) is 4.74 Å². The van der Waals surface area contributed by atoms with Crippen LogP contribution in [0.3, 0.4) is 0 Å². The predicted molar refractivity (Wildman–Crippen MR) is 78.0 cm³/mol. The van der Waals surface area contributed by atoms with Crippen LogP contribution in [-0.4, -0.2) is 37.2 Å². The highest BCUT2D eigenvalue weighted by molar-refractivity contribution is 9.10. The second-order valence-corrected chi connectivity index (χ2v) is 5.85. The van der Waals surface area contributed by atoms with Crippen molar-refractivity contribution in [1.29, 1.82) is 0 Å². The average Bonchev–Trinajstić information content (AvgIpc) is 2.34. The number of ether oxygens (including phenoxy) is 1. The van der Waals surface area contributed by atoms with Crippen molar-refractivity contribution >= 4 is 15.9 Å². The zero-order valence-electron chi connectivity index (χ0n) is 11.2. The van der Waals surface area contributed by atoms with E-state index in [-0.39, 0.29) is 0 Å². The minimum Gasteiger partial charge on any atom is -0.496 e. The Kier molecular flexibility index (Phi) is 4.65. The molecule has 0 spiro atoms. The van der Waals surface area contributed by atoms with Crippen molar-refractivity contribution in [2.24, 2.45) is 0 Å². The number of nitrogens with zero attached hydrogens (tertiary/aromatic N) is 1. The predicted octanol–water partition coefficient (Wildman–Crippen LogP) is 2.64. The summed E-state index contributed by atoms with van der Waals surface area (Å²) < 4.78 is 6.29. The van der Waals surface area contributed by atoms with Gasteiger partial charge in [-0.3, -0.25) is 4.90 Å². The van der Waals surface area contributed by atoms with Gasteiger partial charge in [-0.2, -0.15) is 0 Å². The molecule has 1 saturated heterocycles. The fourth-order valence-corrected chi connectivity index (χ4v) is 3.09. The van der Waals surface area contributed by atoms with E-state index in [1.807, 2.05) is 6.07 Å². The number of benzene rings is 1. The van der Waals surface area contributed by atoms with E-state index in [9.17, 15) is 0 Å². The maximum atomic E-state index is 5.26. The highest BCUT2D eigenvalue weighted by atomic mass is 79.9. The maximum absolute atomic E-state index is 5.26. The highest BCUT2D eigenvalue weighted by Gasteiger charge is 2.24. The summed E-state index contributed by atoms with van der Waals surface area (Å²) in [5.41, 5.74) is 1.32. The quantitative estimate of drug-likeness (QED) is 0.928. The molecule has 1 N–H and O–H groups in total. The Labute approximate surface area is 118 Å². The van der Waals surface area contributed by atoms with Gasteiger partial charge in [0.05, 0.1) is 11.6 Å². The average molecular weight is 313 g/mol. The van der Waals surface area contributed by atoms with Crippen molar-refractivity contribution in [3.63, 3.8) is 0 Å². The molecule has 2 atom stereocenters. The molecule has 18 heavy (non-hydrogen) atoms. The first-order chi connectivity index (χ1) is 8.61. The molecule has 0 saturated carbocycles. The monoisotopic (exact) mass is 312 g/mol. The van der Waals surface area contributed by atoms with E-state index in [2.05, 4.69) is 52.1 Å². The topological polar surface area (TPSA) is 24.5 Å². The summed E-state index contributed by atoms with van der Waals surface area (Å²) in [5.74, 6) is 0.889. The molecule has 0 bridgehead atoms. The zero-order valence-corrected chi connectivity index (χ0v) is 12.8. The SMILES string of the molecule is COc1ccc(CN2C(C)CNCC2C)cc1Br. The van der Waals surface area contributed by atoms with Crippen LogP contribution >= 0.6 is 15.9 Å². The van der Waals surface area contributed by atoms with Crippen molar-refractivity contribution < 1.29 is 4.74 Å². The van der Waals surface area contributed by atoms with E-state index in [0.29, 0.717) is 12.1 Å². The molecule has 1 fully saturated rings. The molecule has 1 heterocycles. The Morgan fingerprint density at radius 1 is 1.33 bits per heavy atom. The highest BCUT2D eigenvalue weighted by Crippen LogP contribution is 2.26. The van der Waals surface area contributed by atoms with Gasteiger partial charge in [-0.05, 0) is 47.5 Å². The van der Waals surface area contributed by atoms with Gasteiger partial charge in [0.15, 0.2) is 0 Å². The molecule has 1 aromatic carbocycles. The first-order valence-electron chi connectivity index (χ1n) is 6.40. The Morgan fingerprint density at radius 3 is 2.56 bits per heavy atom. The number of hydrogen-bond donors (Lipinski definition) is 1. The van der Waals surface area contributed by atoms with E-state index in [0.717, 1.165) is 29.9 Å². The number of piperazine rings is 1. The fraction of sp³-hybridized carbons (Fsp3) is 0.571. The van der Waals surface area contributed by atoms with E-state index in [1.54, 1.807) is 7.11 Å².